The molecule has 3 heteroatoms. The van der Waals surface area contributed by atoms with Crippen molar-refractivity contribution in [2.24, 2.45) is 29.6 Å². The largest absolute Gasteiger partial charge is 2.00 e. The first kappa shape index (κ1) is 19.9. The van der Waals surface area contributed by atoms with Gasteiger partial charge in [0.1, 0.15) is 0 Å². The maximum Gasteiger partial charge on any atom is 2.00 e. The van der Waals surface area contributed by atoms with Gasteiger partial charge in [-0.15, -0.1) is 0 Å². The summed E-state index contributed by atoms with van der Waals surface area (Å²) in [7, 11) is 0. The van der Waals surface area contributed by atoms with Crippen LogP contribution in [0.5, 0.6) is 0 Å². The first-order valence-electron chi connectivity index (χ1n) is 8.29. The summed E-state index contributed by atoms with van der Waals surface area (Å²) in [6.07, 6.45) is 17.4. The van der Waals surface area contributed by atoms with Crippen LogP contribution in [0.4, 0.5) is 0 Å². The van der Waals surface area contributed by atoms with E-state index in [9.17, 15) is 0 Å². The van der Waals surface area contributed by atoms with Crippen molar-refractivity contribution in [3.63, 3.8) is 0 Å². The van der Waals surface area contributed by atoms with E-state index < -0.39 is 0 Å². The van der Waals surface area contributed by atoms with Gasteiger partial charge in [-0.25, -0.2) is 0 Å². The quantitative estimate of drug-likeness (QED) is 0.391. The van der Waals surface area contributed by atoms with Crippen LogP contribution in [-0.2, 0) is 46.3 Å². The maximum absolute atomic E-state index is 4.98. The third-order valence-electron chi connectivity index (χ3n) is 5.32. The van der Waals surface area contributed by atoms with Gasteiger partial charge in [0.2, 0.25) is 0 Å². The second-order valence-electron chi connectivity index (χ2n) is 6.52. The van der Waals surface area contributed by atoms with E-state index in [1.54, 1.807) is 0 Å². The van der Waals surface area contributed by atoms with Crippen molar-refractivity contribution < 1.29 is 21.1 Å². The van der Waals surface area contributed by atoms with Crippen LogP contribution in [0.15, 0.2) is 24.3 Å². The van der Waals surface area contributed by atoms with E-state index in [-0.39, 0.29) is 21.1 Å². The molecule has 5 unspecified atom stereocenters. The molecular weight excluding hydrogens is 464 g/mol. The molecule has 0 aromatic heterocycles. The molecule has 1 fully saturated rings. The van der Waals surface area contributed by atoms with Gasteiger partial charge < -0.3 is 25.3 Å². The Labute approximate surface area is 156 Å². The molecule has 0 aliphatic heterocycles. The van der Waals surface area contributed by atoms with Crippen LogP contribution in [0.2, 0.25) is 0 Å². The summed E-state index contributed by atoms with van der Waals surface area (Å²) in [5, 5.41) is 0. The first-order valence-corrected chi connectivity index (χ1v) is 9.45. The molecular formula is C18H28S2W. The average molecular weight is 492 g/mol. The van der Waals surface area contributed by atoms with Crippen LogP contribution < -0.4 is 0 Å². The summed E-state index contributed by atoms with van der Waals surface area (Å²) >= 11 is 9.94. The third kappa shape index (κ3) is 5.77. The Kier molecular flexibility index (Phi) is 10.1. The van der Waals surface area contributed by atoms with E-state index in [2.05, 4.69) is 31.2 Å². The average Bonchev–Trinajstić information content (AvgIpc) is 2.99. The zero-order valence-corrected chi connectivity index (χ0v) is 17.6. The predicted octanol–water partition coefficient (Wildman–Crippen LogP) is 4.66. The van der Waals surface area contributed by atoms with E-state index in [0.717, 1.165) is 41.1 Å². The van der Waals surface area contributed by atoms with Crippen LogP contribution >= 0.6 is 0 Å². The SMILES string of the molecule is CCC(CC[S-])C1C=CC1.[S-]CCC1CC2C=CC1C2.[W+2]. The van der Waals surface area contributed by atoms with Crippen LogP contribution in [-0.4, -0.2) is 11.5 Å². The molecule has 3 aliphatic rings. The van der Waals surface area contributed by atoms with Gasteiger partial charge >= 0.3 is 21.1 Å². The van der Waals surface area contributed by atoms with Gasteiger partial charge in [-0.2, -0.15) is 11.5 Å². The maximum atomic E-state index is 4.98. The van der Waals surface area contributed by atoms with Crippen LogP contribution in [0.3, 0.4) is 0 Å². The number of hydrogen-bond acceptors (Lipinski definition) is 2. The van der Waals surface area contributed by atoms with Gasteiger partial charge in [-0.3, -0.25) is 0 Å². The van der Waals surface area contributed by atoms with Gasteiger partial charge in [0.05, 0.1) is 0 Å². The molecule has 0 saturated heterocycles. The second kappa shape index (κ2) is 10.6. The number of fused-ring (bicyclic) bond motifs is 2. The van der Waals surface area contributed by atoms with E-state index in [4.69, 9.17) is 25.3 Å². The first-order chi connectivity index (χ1) is 9.78. The summed E-state index contributed by atoms with van der Waals surface area (Å²) in [6.45, 7) is 2.27. The van der Waals surface area contributed by atoms with Gasteiger partial charge in [-0.05, 0) is 48.9 Å². The molecule has 0 aromatic carbocycles. The fourth-order valence-electron chi connectivity index (χ4n) is 3.89. The number of allylic oxidation sites excluding steroid dienone is 4. The van der Waals surface area contributed by atoms with Gasteiger partial charge in [0.15, 0.2) is 0 Å². The van der Waals surface area contributed by atoms with Crippen molar-refractivity contribution in [2.75, 3.05) is 11.5 Å². The minimum atomic E-state index is 0. The monoisotopic (exact) mass is 492 g/mol. The molecule has 21 heavy (non-hydrogen) atoms. The van der Waals surface area contributed by atoms with Crippen molar-refractivity contribution >= 4 is 25.3 Å². The molecule has 0 amide bonds. The fraction of sp³-hybridized carbons (Fsp3) is 0.778. The molecule has 0 N–H and O–H groups in total. The van der Waals surface area contributed by atoms with Crippen molar-refractivity contribution in [1.82, 2.24) is 0 Å². The normalized spacial score (nSPS) is 32.9. The smallest absolute Gasteiger partial charge is 0.793 e. The summed E-state index contributed by atoms with van der Waals surface area (Å²) in [5.41, 5.74) is 0. The van der Waals surface area contributed by atoms with Crippen molar-refractivity contribution in [2.45, 2.75) is 45.4 Å². The zero-order chi connectivity index (χ0) is 14.4. The Bertz CT molecular complexity index is 336. The summed E-state index contributed by atoms with van der Waals surface area (Å²) in [4.78, 5) is 0. The van der Waals surface area contributed by atoms with E-state index in [1.165, 1.54) is 38.5 Å². The van der Waals surface area contributed by atoms with E-state index in [1.807, 2.05) is 0 Å². The van der Waals surface area contributed by atoms with E-state index in [0.29, 0.717) is 0 Å². The molecule has 1 saturated carbocycles. The topological polar surface area (TPSA) is 0 Å². The predicted molar refractivity (Wildman–Crippen MR) is 93.6 cm³/mol. The number of hydrogen-bond donors (Lipinski definition) is 0. The molecule has 2 bridgehead atoms. The molecule has 0 spiro atoms. The summed E-state index contributed by atoms with van der Waals surface area (Å²) in [6, 6.07) is 0. The Morgan fingerprint density at radius 1 is 1.10 bits per heavy atom. The molecule has 0 nitrogen and oxygen atoms in total. The summed E-state index contributed by atoms with van der Waals surface area (Å²) < 4.78 is 0. The Morgan fingerprint density at radius 2 is 1.86 bits per heavy atom. The van der Waals surface area contributed by atoms with Crippen molar-refractivity contribution in [1.29, 1.82) is 0 Å². The molecule has 0 radical (unpaired) electrons. The fourth-order valence-corrected chi connectivity index (χ4v) is 4.50. The minimum absolute atomic E-state index is 0. The molecule has 118 valence electrons. The van der Waals surface area contributed by atoms with Gasteiger partial charge in [0.25, 0.3) is 0 Å². The molecule has 0 aromatic rings. The summed E-state index contributed by atoms with van der Waals surface area (Å²) in [5.74, 6) is 6.43. The van der Waals surface area contributed by atoms with Gasteiger partial charge in [0, 0.05) is 0 Å². The second-order valence-corrected chi connectivity index (χ2v) is 7.34. The van der Waals surface area contributed by atoms with Crippen molar-refractivity contribution in [3.8, 4) is 0 Å². The Morgan fingerprint density at radius 3 is 2.24 bits per heavy atom. The molecule has 3 rings (SSSR count). The van der Waals surface area contributed by atoms with Gasteiger partial charge in [-0.1, -0.05) is 50.5 Å². The standard InChI is InChI=1S/C9H14S.C9H16S.W/c10-4-3-9-6-7-1-2-8(9)5-7;1-2-8(6-7-10)9-4-3-5-9;/h1-2,7-10H,3-6H2;3-4,8-10H,2,5-7H2,1H3;/q;;+2/p-2. The number of rotatable bonds is 6. The minimum Gasteiger partial charge on any atom is -0.793 e. The zero-order valence-electron chi connectivity index (χ0n) is 13.1. The molecule has 5 atom stereocenters. The van der Waals surface area contributed by atoms with E-state index >= 15 is 0 Å². The van der Waals surface area contributed by atoms with Crippen LogP contribution in [0, 0.1) is 29.6 Å². The van der Waals surface area contributed by atoms with Crippen LogP contribution in [0.25, 0.3) is 0 Å². The Balaban J connectivity index is 0.000000200. The van der Waals surface area contributed by atoms with Crippen molar-refractivity contribution in [3.05, 3.63) is 24.3 Å². The Hall–Kier alpha value is 0.868. The third-order valence-corrected chi connectivity index (χ3v) is 5.79. The van der Waals surface area contributed by atoms with Crippen LogP contribution in [0.1, 0.15) is 45.4 Å². The molecule has 0 heterocycles. The molecule has 3 aliphatic carbocycles.